The first-order valence-corrected chi connectivity index (χ1v) is 9.52. The summed E-state index contributed by atoms with van der Waals surface area (Å²) < 4.78 is 2.09. The Hall–Kier alpha value is 0.180. The molecule has 0 aromatic carbocycles. The fourth-order valence-electron chi connectivity index (χ4n) is 1.76. The summed E-state index contributed by atoms with van der Waals surface area (Å²) in [5.41, 5.74) is -0.131. The number of likely N-dealkylation sites (N-methyl/N-ethyl adjacent to an activating group) is 1. The molecule has 0 aliphatic heterocycles. The second-order valence-electron chi connectivity index (χ2n) is 4.59. The van der Waals surface area contributed by atoms with Crippen LogP contribution in [0.25, 0.3) is 0 Å². The minimum absolute atomic E-state index is 0.131. The van der Waals surface area contributed by atoms with Gasteiger partial charge in [0.25, 0.3) is 0 Å². The normalized spacial score (nSPS) is 14.5. The topological polar surface area (TPSA) is 58.0 Å². The number of rotatable bonds is 10. The van der Waals surface area contributed by atoms with E-state index in [9.17, 15) is 5.11 Å². The molecular weight excluding hydrogens is 298 g/mol. The first-order chi connectivity index (χ1) is 9.13. The van der Waals surface area contributed by atoms with Gasteiger partial charge in [-0.15, -0.1) is 10.2 Å². The van der Waals surface area contributed by atoms with Crippen LogP contribution < -0.4 is 5.32 Å². The summed E-state index contributed by atoms with van der Waals surface area (Å²) in [6.45, 7) is 5.25. The highest BCUT2D eigenvalue weighted by Crippen LogP contribution is 2.28. The number of hydrogen-bond acceptors (Lipinski definition) is 7. The fraction of sp³-hybridized carbons (Fsp3) is 0.833. The molecular formula is C12H23N3OS3. The van der Waals surface area contributed by atoms with Crippen molar-refractivity contribution in [3.8, 4) is 0 Å². The van der Waals surface area contributed by atoms with Gasteiger partial charge in [0.1, 0.15) is 0 Å². The molecule has 0 bridgehead atoms. The molecule has 0 saturated carbocycles. The molecule has 0 amide bonds. The van der Waals surface area contributed by atoms with Crippen LogP contribution >= 0.6 is 34.9 Å². The van der Waals surface area contributed by atoms with E-state index in [1.54, 1.807) is 34.9 Å². The minimum Gasteiger partial charge on any atom is -0.394 e. The average molecular weight is 322 g/mol. The predicted molar refractivity (Wildman–Crippen MR) is 85.4 cm³/mol. The van der Waals surface area contributed by atoms with Crippen molar-refractivity contribution in [3.05, 3.63) is 0 Å². The predicted octanol–water partition coefficient (Wildman–Crippen LogP) is 2.88. The van der Waals surface area contributed by atoms with Crippen LogP contribution in [-0.4, -0.2) is 46.0 Å². The Morgan fingerprint density at radius 1 is 1.32 bits per heavy atom. The minimum atomic E-state index is -0.131. The smallest absolute Gasteiger partial charge is 0.175 e. The molecule has 1 rings (SSSR count). The van der Waals surface area contributed by atoms with E-state index in [4.69, 9.17) is 0 Å². The van der Waals surface area contributed by atoms with Crippen LogP contribution in [0.2, 0.25) is 0 Å². The van der Waals surface area contributed by atoms with Crippen LogP contribution in [0, 0.1) is 0 Å². The van der Waals surface area contributed by atoms with E-state index < -0.39 is 0 Å². The van der Waals surface area contributed by atoms with Crippen LogP contribution in [0.4, 0.5) is 0 Å². The van der Waals surface area contributed by atoms with Gasteiger partial charge in [0.2, 0.25) is 0 Å². The van der Waals surface area contributed by atoms with Crippen LogP contribution in [0.3, 0.4) is 0 Å². The molecule has 7 heteroatoms. The lowest BCUT2D eigenvalue weighted by atomic mass is 9.96. The number of nitrogens with one attached hydrogen (secondary N) is 1. The first kappa shape index (κ1) is 17.2. The number of thioether (sulfide) groups is 2. The molecule has 1 aromatic rings. The third kappa shape index (κ3) is 6.44. The molecule has 1 heterocycles. The van der Waals surface area contributed by atoms with Gasteiger partial charge in [-0.3, -0.25) is 0 Å². The molecule has 19 heavy (non-hydrogen) atoms. The van der Waals surface area contributed by atoms with E-state index >= 15 is 0 Å². The van der Waals surface area contributed by atoms with Gasteiger partial charge in [-0.25, -0.2) is 0 Å². The highest BCUT2D eigenvalue weighted by Gasteiger charge is 2.20. The molecule has 4 nitrogen and oxygen atoms in total. The Kier molecular flexibility index (Phi) is 8.32. The lowest BCUT2D eigenvalue weighted by Gasteiger charge is -2.28. The third-order valence-electron chi connectivity index (χ3n) is 2.86. The Bertz CT molecular complexity index is 362. The van der Waals surface area contributed by atoms with Gasteiger partial charge in [0.05, 0.1) is 6.61 Å². The monoisotopic (exact) mass is 321 g/mol. The van der Waals surface area contributed by atoms with E-state index in [-0.39, 0.29) is 12.1 Å². The van der Waals surface area contributed by atoms with Crippen molar-refractivity contribution in [3.63, 3.8) is 0 Å². The summed E-state index contributed by atoms with van der Waals surface area (Å²) in [6, 6.07) is 0. The number of aromatic nitrogens is 2. The van der Waals surface area contributed by atoms with Crippen molar-refractivity contribution >= 4 is 34.9 Å². The summed E-state index contributed by atoms with van der Waals surface area (Å²) in [5, 5.41) is 21.0. The zero-order valence-corrected chi connectivity index (χ0v) is 14.3. The Labute approximate surface area is 128 Å². The largest absolute Gasteiger partial charge is 0.394 e. The van der Waals surface area contributed by atoms with Gasteiger partial charge in [-0.05, 0) is 32.6 Å². The first-order valence-electron chi connectivity index (χ1n) is 6.49. The summed E-state index contributed by atoms with van der Waals surface area (Å²) in [5.74, 6) is 1.07. The quantitative estimate of drug-likeness (QED) is 0.510. The summed E-state index contributed by atoms with van der Waals surface area (Å²) in [6.07, 6.45) is 5.28. The number of aliphatic hydroxyl groups excluding tert-OH is 1. The number of aliphatic hydroxyl groups is 1. The molecule has 110 valence electrons. The maximum absolute atomic E-state index is 9.39. The number of unbranched alkanes of at least 4 members (excludes halogenated alkanes) is 1. The highest BCUT2D eigenvalue weighted by molar-refractivity contribution is 8.02. The van der Waals surface area contributed by atoms with E-state index in [0.29, 0.717) is 0 Å². The van der Waals surface area contributed by atoms with E-state index in [0.717, 1.165) is 40.2 Å². The fourth-order valence-corrected chi connectivity index (χ4v) is 4.27. The Morgan fingerprint density at radius 3 is 2.63 bits per heavy atom. The van der Waals surface area contributed by atoms with Gasteiger partial charge >= 0.3 is 0 Å². The van der Waals surface area contributed by atoms with Crippen LogP contribution in [0.5, 0.6) is 0 Å². The molecule has 0 radical (unpaired) electrons. The Morgan fingerprint density at radius 2 is 2.05 bits per heavy atom. The molecule has 1 aromatic heterocycles. The maximum Gasteiger partial charge on any atom is 0.175 e. The van der Waals surface area contributed by atoms with Crippen molar-refractivity contribution in [1.82, 2.24) is 15.5 Å². The van der Waals surface area contributed by atoms with Gasteiger partial charge in [0.15, 0.2) is 8.68 Å². The molecule has 1 atom stereocenters. The second-order valence-corrected chi connectivity index (χ2v) is 7.97. The van der Waals surface area contributed by atoms with Crippen molar-refractivity contribution in [1.29, 1.82) is 0 Å². The standard InChI is InChI=1S/C12H23N3OS3/c1-4-13-12(2,9-16)7-5-6-8-18-11-15-14-10(17-3)19-11/h13,16H,4-9H2,1-3H3. The van der Waals surface area contributed by atoms with E-state index in [2.05, 4.69) is 29.4 Å². The van der Waals surface area contributed by atoms with Gasteiger partial charge in [-0.2, -0.15) is 0 Å². The summed E-state index contributed by atoms with van der Waals surface area (Å²) in [7, 11) is 0. The van der Waals surface area contributed by atoms with Gasteiger partial charge in [0, 0.05) is 11.3 Å². The van der Waals surface area contributed by atoms with Gasteiger partial charge in [-0.1, -0.05) is 48.2 Å². The molecule has 0 aliphatic rings. The van der Waals surface area contributed by atoms with Crippen LogP contribution in [0.15, 0.2) is 8.68 Å². The molecule has 2 N–H and O–H groups in total. The molecule has 0 saturated heterocycles. The molecule has 0 aliphatic carbocycles. The lowest BCUT2D eigenvalue weighted by molar-refractivity contribution is 0.165. The summed E-state index contributed by atoms with van der Waals surface area (Å²) >= 11 is 5.08. The van der Waals surface area contributed by atoms with E-state index in [1.807, 2.05) is 6.26 Å². The van der Waals surface area contributed by atoms with Crippen molar-refractivity contribution in [2.75, 3.05) is 25.2 Å². The van der Waals surface area contributed by atoms with Crippen molar-refractivity contribution in [2.24, 2.45) is 0 Å². The Balaban J connectivity index is 2.16. The SMILES string of the molecule is CCNC(C)(CO)CCCCSc1nnc(SC)s1. The van der Waals surface area contributed by atoms with Crippen LogP contribution in [0.1, 0.15) is 33.1 Å². The third-order valence-corrected chi connectivity index (χ3v) is 5.98. The number of hydrogen-bond donors (Lipinski definition) is 2. The van der Waals surface area contributed by atoms with Gasteiger partial charge < -0.3 is 10.4 Å². The average Bonchev–Trinajstić information content (AvgIpc) is 2.86. The molecule has 0 spiro atoms. The van der Waals surface area contributed by atoms with E-state index in [1.165, 1.54) is 0 Å². The molecule has 1 unspecified atom stereocenters. The second kappa shape index (κ2) is 9.18. The van der Waals surface area contributed by atoms with Crippen LogP contribution in [-0.2, 0) is 0 Å². The number of nitrogens with zero attached hydrogens (tertiary/aromatic N) is 2. The summed E-state index contributed by atoms with van der Waals surface area (Å²) in [4.78, 5) is 0. The zero-order valence-electron chi connectivity index (χ0n) is 11.8. The molecule has 0 fully saturated rings. The zero-order chi connectivity index (χ0) is 14.1. The highest BCUT2D eigenvalue weighted by atomic mass is 32.2. The maximum atomic E-state index is 9.39. The lowest BCUT2D eigenvalue weighted by Crippen LogP contribution is -2.45. The van der Waals surface area contributed by atoms with Crippen molar-refractivity contribution in [2.45, 2.75) is 47.3 Å². The van der Waals surface area contributed by atoms with Crippen molar-refractivity contribution < 1.29 is 5.11 Å².